The molecule has 0 saturated heterocycles. The molecule has 14 bridgehead atoms. The molecule has 16 saturated carbocycles. The third kappa shape index (κ3) is 13.1. The van der Waals surface area contributed by atoms with Crippen LogP contribution in [0.15, 0.2) is 0 Å². The Morgan fingerprint density at radius 3 is 1.16 bits per heavy atom. The average molecular weight is 1300 g/mol. The van der Waals surface area contributed by atoms with Gasteiger partial charge >= 0.3 is 35.8 Å². The molecule has 16 fully saturated rings. The lowest BCUT2D eigenvalue weighted by Crippen LogP contribution is -2.43. The summed E-state index contributed by atoms with van der Waals surface area (Å²) >= 11 is 0. The van der Waals surface area contributed by atoms with Gasteiger partial charge in [0, 0.05) is 0 Å². The zero-order chi connectivity index (χ0) is 64.6. The van der Waals surface area contributed by atoms with Crippen molar-refractivity contribution in [3.63, 3.8) is 0 Å². The number of ether oxygens (including phenoxy) is 9. The molecule has 0 amide bonds. The molecule has 520 valence electrons. The molecule has 0 aliphatic heterocycles. The van der Waals surface area contributed by atoms with Crippen LogP contribution in [0.3, 0.4) is 0 Å². The van der Waals surface area contributed by atoms with Gasteiger partial charge in [0.2, 0.25) is 0 Å². The van der Waals surface area contributed by atoms with E-state index in [0.29, 0.717) is 94.7 Å². The van der Waals surface area contributed by atoms with Crippen molar-refractivity contribution in [2.45, 2.75) is 265 Å². The molecule has 0 N–H and O–H groups in total. The molecule has 15 heteroatoms. The van der Waals surface area contributed by atoms with Gasteiger partial charge in [-0.15, -0.1) is 0 Å². The van der Waals surface area contributed by atoms with Gasteiger partial charge in [-0.3, -0.25) is 28.8 Å². The lowest BCUT2D eigenvalue weighted by molar-refractivity contribution is -0.173. The molecule has 0 aromatic rings. The number of carbonyl (C=O) groups is 6. The highest BCUT2D eigenvalue weighted by atomic mass is 16.7. The van der Waals surface area contributed by atoms with E-state index in [-0.39, 0.29) is 116 Å². The van der Waals surface area contributed by atoms with Crippen LogP contribution in [-0.4, -0.2) is 93.3 Å². The predicted molar refractivity (Wildman–Crippen MR) is 345 cm³/mol. The smallest absolute Gasteiger partial charge is 0.311 e. The number of esters is 6. The third-order valence-corrected chi connectivity index (χ3v) is 30.1. The fourth-order valence-corrected chi connectivity index (χ4v) is 25.2. The molecule has 0 radical (unpaired) electrons. The van der Waals surface area contributed by atoms with E-state index in [2.05, 4.69) is 0 Å². The normalized spacial score (nSPS) is 44.2. The van der Waals surface area contributed by atoms with Crippen LogP contribution in [0, 0.1) is 159 Å². The first-order valence-corrected chi connectivity index (χ1v) is 38.9. The van der Waals surface area contributed by atoms with Crippen LogP contribution >= 0.6 is 0 Å². The van der Waals surface area contributed by atoms with Crippen molar-refractivity contribution >= 4 is 35.8 Å². The second-order valence-corrected chi connectivity index (χ2v) is 34.8. The van der Waals surface area contributed by atoms with Crippen LogP contribution in [-0.2, 0) is 71.4 Å². The average Bonchev–Trinajstić information content (AvgIpc) is 1.56. The summed E-state index contributed by atoms with van der Waals surface area (Å²) in [6, 6.07) is 0. The molecule has 16 aliphatic carbocycles. The molecule has 29 atom stereocenters. The maximum atomic E-state index is 13.0. The van der Waals surface area contributed by atoms with Crippen LogP contribution in [0.25, 0.3) is 0 Å². The highest BCUT2D eigenvalue weighted by Crippen LogP contribution is 2.72. The summed E-state index contributed by atoms with van der Waals surface area (Å²) in [6.45, 7) is 15.1. The van der Waals surface area contributed by atoms with Crippen molar-refractivity contribution in [2.75, 3.05) is 27.0 Å². The Balaban J connectivity index is 0.000000121. The third-order valence-electron chi connectivity index (χ3n) is 30.1. The van der Waals surface area contributed by atoms with Gasteiger partial charge in [0.25, 0.3) is 0 Å². The van der Waals surface area contributed by atoms with Crippen LogP contribution in [0.1, 0.15) is 235 Å². The summed E-state index contributed by atoms with van der Waals surface area (Å²) < 4.78 is 52.3. The Kier molecular flexibility index (Phi) is 20.2. The SMILES string of the molecule is CCC(C)(C)C(=O)OC1CC2CC1C1C3CC(CC3C(=O)OCOC3CCCCC3)C21.CCC(C)C(=O)OC1CC2CC1C1C3CC(CC3C(=O)OCOC3CCCCC3)C21.CCC(C)C(=O)OC1CC2CC1C1C3CC(CC3C(=O)OCOCC3CC4CCC3C4)C21. The largest absolute Gasteiger partial charge is 0.462 e. The van der Waals surface area contributed by atoms with Crippen LogP contribution < -0.4 is 0 Å². The molecular formula is C78H118O15. The van der Waals surface area contributed by atoms with E-state index in [1.54, 1.807) is 0 Å². The fourth-order valence-electron chi connectivity index (χ4n) is 25.2. The second kappa shape index (κ2) is 28.1. The van der Waals surface area contributed by atoms with Gasteiger partial charge in [-0.05, 0) is 279 Å². The van der Waals surface area contributed by atoms with E-state index >= 15 is 0 Å². The second-order valence-electron chi connectivity index (χ2n) is 34.8. The van der Waals surface area contributed by atoms with E-state index in [1.807, 2.05) is 48.5 Å². The zero-order valence-electron chi connectivity index (χ0n) is 57.9. The Morgan fingerprint density at radius 1 is 0.398 bits per heavy atom. The number of hydrogen-bond acceptors (Lipinski definition) is 15. The van der Waals surface area contributed by atoms with Crippen molar-refractivity contribution in [3.05, 3.63) is 0 Å². The predicted octanol–water partition coefficient (Wildman–Crippen LogP) is 14.7. The Hall–Kier alpha value is -3.30. The van der Waals surface area contributed by atoms with Gasteiger partial charge in [-0.25, -0.2) is 0 Å². The minimum absolute atomic E-state index is 0.0176. The highest BCUT2D eigenvalue weighted by molar-refractivity contribution is 5.77. The molecule has 29 unspecified atom stereocenters. The quantitative estimate of drug-likeness (QED) is 0.0327. The zero-order valence-corrected chi connectivity index (χ0v) is 57.9. The molecule has 15 nitrogen and oxygen atoms in total. The Morgan fingerprint density at radius 2 is 0.785 bits per heavy atom. The van der Waals surface area contributed by atoms with Gasteiger partial charge in [0.1, 0.15) is 18.3 Å². The lowest BCUT2D eigenvalue weighted by Gasteiger charge is -2.41. The molecule has 0 aromatic heterocycles. The van der Waals surface area contributed by atoms with Crippen molar-refractivity contribution in [1.29, 1.82) is 0 Å². The standard InChI is InChI=1S/C27H40O5.C26H40O5.C25H38O5/c1-3-14(2)26(28)32-23-11-18-10-22(23)25-20-8-17(24(18)25)9-21(20)27(29)31-13-30-12-19-7-15-4-5-16(19)6-15;1-4-26(2,3)25(28)31-21-13-16-12-20(21)23-18-10-15(22(16)23)11-19(18)24(27)30-14-29-17-8-6-5-7-9-17;1-3-14(2)24(26)30-21-12-16-11-20(21)23-18-9-15(22(16)23)10-19(18)25(27)29-13-28-17-7-5-4-6-8-17/h14-25H,3-13H2,1-2H3;15-23H,4-14H2,1-3H3;14-23H,3-13H2,1-2H3. The fraction of sp³-hybridized carbons (Fsp3) is 0.923. The number of fused-ring (bicyclic) bond motifs is 29. The molecule has 16 aliphatic rings. The van der Waals surface area contributed by atoms with Crippen molar-refractivity contribution in [2.24, 2.45) is 159 Å². The molecule has 16 rings (SSSR count). The molecule has 0 aromatic carbocycles. The van der Waals surface area contributed by atoms with Gasteiger partial charge < -0.3 is 42.6 Å². The van der Waals surface area contributed by atoms with Gasteiger partial charge in [-0.1, -0.05) is 79.6 Å². The van der Waals surface area contributed by atoms with E-state index in [1.165, 1.54) is 89.9 Å². The maximum Gasteiger partial charge on any atom is 0.311 e. The van der Waals surface area contributed by atoms with Gasteiger partial charge in [-0.2, -0.15) is 0 Å². The topological polar surface area (TPSA) is 185 Å². The van der Waals surface area contributed by atoms with Crippen molar-refractivity contribution in [3.8, 4) is 0 Å². The summed E-state index contributed by atoms with van der Waals surface area (Å²) in [7, 11) is 0. The summed E-state index contributed by atoms with van der Waals surface area (Å²) in [5.74, 6) is 12.7. The first-order chi connectivity index (χ1) is 45.0. The number of carbonyl (C=O) groups excluding carboxylic acids is 6. The summed E-state index contributed by atoms with van der Waals surface area (Å²) in [4.78, 5) is 76.2. The van der Waals surface area contributed by atoms with E-state index < -0.39 is 5.41 Å². The Labute approximate surface area is 556 Å². The lowest BCUT2D eigenvalue weighted by atomic mass is 9.66. The van der Waals surface area contributed by atoms with Gasteiger partial charge in [0.05, 0.1) is 53.8 Å². The van der Waals surface area contributed by atoms with E-state index in [4.69, 9.17) is 42.6 Å². The van der Waals surface area contributed by atoms with E-state index in [0.717, 1.165) is 133 Å². The van der Waals surface area contributed by atoms with Crippen molar-refractivity contribution < 1.29 is 71.4 Å². The number of hydrogen-bond donors (Lipinski definition) is 0. The Bertz CT molecular complexity index is 2660. The summed E-state index contributed by atoms with van der Waals surface area (Å²) in [6.07, 6.45) is 33.6. The molecular weight excluding hydrogens is 1180 g/mol. The highest BCUT2D eigenvalue weighted by Gasteiger charge is 2.70. The van der Waals surface area contributed by atoms with Crippen molar-refractivity contribution in [1.82, 2.24) is 0 Å². The first kappa shape index (κ1) is 66.9. The van der Waals surface area contributed by atoms with Crippen LogP contribution in [0.4, 0.5) is 0 Å². The minimum atomic E-state index is -0.416. The van der Waals surface area contributed by atoms with E-state index in [9.17, 15) is 28.8 Å². The molecule has 0 heterocycles. The van der Waals surface area contributed by atoms with Crippen LogP contribution in [0.2, 0.25) is 0 Å². The minimum Gasteiger partial charge on any atom is -0.462 e. The summed E-state index contributed by atoms with van der Waals surface area (Å²) in [5, 5.41) is 0. The first-order valence-electron chi connectivity index (χ1n) is 38.9. The summed E-state index contributed by atoms with van der Waals surface area (Å²) in [5.41, 5.74) is -0.416. The molecule has 0 spiro atoms. The maximum absolute atomic E-state index is 13.0. The monoisotopic (exact) mass is 1290 g/mol. The molecule has 93 heavy (non-hydrogen) atoms. The number of rotatable bonds is 22. The van der Waals surface area contributed by atoms with Gasteiger partial charge in [0.15, 0.2) is 20.4 Å². The van der Waals surface area contributed by atoms with Crippen LogP contribution in [0.5, 0.6) is 0 Å².